The van der Waals surface area contributed by atoms with E-state index in [0.717, 1.165) is 19.1 Å². The number of hydrogen-bond donors (Lipinski definition) is 1. The molecule has 20 heavy (non-hydrogen) atoms. The van der Waals surface area contributed by atoms with Gasteiger partial charge in [0.2, 0.25) is 0 Å². The third-order valence-electron chi connectivity index (χ3n) is 4.03. The van der Waals surface area contributed by atoms with Gasteiger partial charge in [0.1, 0.15) is 0 Å². The van der Waals surface area contributed by atoms with E-state index in [1.807, 2.05) is 11.3 Å². The largest absolute Gasteiger partial charge is 0.348 e. The van der Waals surface area contributed by atoms with E-state index in [1.165, 1.54) is 35.0 Å². The summed E-state index contributed by atoms with van der Waals surface area (Å²) in [6.45, 7) is 11.0. The summed E-state index contributed by atoms with van der Waals surface area (Å²) < 4.78 is 0. The first kappa shape index (κ1) is 15.8. The molecule has 3 nitrogen and oxygen atoms in total. The first-order chi connectivity index (χ1) is 9.49. The first-order valence-corrected chi connectivity index (χ1v) is 8.73. The van der Waals surface area contributed by atoms with E-state index < -0.39 is 0 Å². The van der Waals surface area contributed by atoms with Crippen LogP contribution in [0.4, 0.5) is 5.13 Å². The van der Waals surface area contributed by atoms with Gasteiger partial charge in [-0.1, -0.05) is 27.7 Å². The second kappa shape index (κ2) is 6.90. The molecule has 0 radical (unpaired) electrons. The van der Waals surface area contributed by atoms with Crippen LogP contribution in [-0.2, 0) is 6.54 Å². The van der Waals surface area contributed by atoms with Crippen LogP contribution in [0, 0.1) is 5.92 Å². The van der Waals surface area contributed by atoms with E-state index in [9.17, 15) is 0 Å². The highest BCUT2D eigenvalue weighted by molar-refractivity contribution is 7.15. The quantitative estimate of drug-likeness (QED) is 0.824. The zero-order valence-electron chi connectivity index (χ0n) is 13.6. The zero-order chi connectivity index (χ0) is 14.7. The molecule has 1 N–H and O–H groups in total. The van der Waals surface area contributed by atoms with Crippen LogP contribution < -0.4 is 10.2 Å². The zero-order valence-corrected chi connectivity index (χ0v) is 14.4. The fourth-order valence-corrected chi connectivity index (χ4v) is 3.70. The number of nitrogens with zero attached hydrogens (tertiary/aromatic N) is 2. The Hall–Kier alpha value is -0.610. The SMILES string of the molecule is CC(C)CNCc1sc(N(C)C2CCC2)nc1C(C)C. The Morgan fingerprint density at radius 1 is 1.30 bits per heavy atom. The van der Waals surface area contributed by atoms with Gasteiger partial charge in [0.05, 0.1) is 5.69 Å². The van der Waals surface area contributed by atoms with Crippen LogP contribution in [0.2, 0.25) is 0 Å². The van der Waals surface area contributed by atoms with Gasteiger partial charge in [-0.15, -0.1) is 11.3 Å². The Morgan fingerprint density at radius 2 is 2.00 bits per heavy atom. The topological polar surface area (TPSA) is 28.2 Å². The van der Waals surface area contributed by atoms with Gasteiger partial charge in [-0.2, -0.15) is 0 Å². The van der Waals surface area contributed by atoms with Crippen LogP contribution in [0.5, 0.6) is 0 Å². The maximum atomic E-state index is 4.91. The van der Waals surface area contributed by atoms with E-state index in [2.05, 4.69) is 45.0 Å². The molecule has 0 saturated heterocycles. The van der Waals surface area contributed by atoms with Crippen LogP contribution in [0.25, 0.3) is 0 Å². The van der Waals surface area contributed by atoms with Crippen molar-refractivity contribution in [2.24, 2.45) is 5.92 Å². The average Bonchev–Trinajstić information content (AvgIpc) is 2.70. The van der Waals surface area contributed by atoms with Gasteiger partial charge in [0, 0.05) is 24.5 Å². The summed E-state index contributed by atoms with van der Waals surface area (Å²) >= 11 is 1.88. The van der Waals surface area contributed by atoms with Crippen molar-refractivity contribution in [2.45, 2.75) is 65.5 Å². The van der Waals surface area contributed by atoms with Crippen molar-refractivity contribution in [3.8, 4) is 0 Å². The van der Waals surface area contributed by atoms with Crippen LogP contribution in [0.1, 0.15) is 63.4 Å². The summed E-state index contributed by atoms with van der Waals surface area (Å²) in [5.74, 6) is 1.20. The summed E-state index contributed by atoms with van der Waals surface area (Å²) in [5, 5.41) is 4.77. The Labute approximate surface area is 127 Å². The molecule has 0 atom stereocenters. The molecule has 2 rings (SSSR count). The summed E-state index contributed by atoms with van der Waals surface area (Å²) in [4.78, 5) is 8.73. The second-order valence-corrected chi connectivity index (χ2v) is 7.74. The Kier molecular flexibility index (Phi) is 5.44. The minimum Gasteiger partial charge on any atom is -0.348 e. The number of thiazole rings is 1. The normalized spacial score (nSPS) is 15.9. The van der Waals surface area contributed by atoms with Crippen LogP contribution in [-0.4, -0.2) is 24.6 Å². The van der Waals surface area contributed by atoms with Crippen molar-refractivity contribution in [1.82, 2.24) is 10.3 Å². The number of anilines is 1. The minimum atomic E-state index is 0.505. The van der Waals surface area contributed by atoms with Crippen LogP contribution >= 0.6 is 11.3 Å². The molecule has 1 heterocycles. The summed E-state index contributed by atoms with van der Waals surface area (Å²) in [5.41, 5.74) is 1.28. The smallest absolute Gasteiger partial charge is 0.185 e. The van der Waals surface area contributed by atoms with Gasteiger partial charge in [0.15, 0.2) is 5.13 Å². The second-order valence-electron chi connectivity index (χ2n) is 6.68. The molecule has 1 fully saturated rings. The van der Waals surface area contributed by atoms with Crippen molar-refractivity contribution in [3.63, 3.8) is 0 Å². The molecular weight excluding hydrogens is 266 g/mol. The van der Waals surface area contributed by atoms with Gasteiger partial charge < -0.3 is 10.2 Å². The van der Waals surface area contributed by atoms with Gasteiger partial charge in [-0.25, -0.2) is 4.98 Å². The van der Waals surface area contributed by atoms with Gasteiger partial charge >= 0.3 is 0 Å². The minimum absolute atomic E-state index is 0.505. The molecule has 114 valence electrons. The van der Waals surface area contributed by atoms with Crippen LogP contribution in [0.15, 0.2) is 0 Å². The standard InChI is InChI=1S/C16H29N3S/c1-11(2)9-17-10-14-15(12(3)4)18-16(20-14)19(5)13-7-6-8-13/h11-13,17H,6-10H2,1-5H3. The molecule has 0 amide bonds. The Bertz CT molecular complexity index is 421. The van der Waals surface area contributed by atoms with Crippen molar-refractivity contribution in [3.05, 3.63) is 10.6 Å². The number of nitrogens with one attached hydrogen (secondary N) is 1. The molecule has 1 saturated carbocycles. The average molecular weight is 295 g/mol. The van der Waals surface area contributed by atoms with E-state index >= 15 is 0 Å². The third kappa shape index (κ3) is 3.73. The summed E-state index contributed by atoms with van der Waals surface area (Å²) in [6, 6.07) is 0.720. The lowest BCUT2D eigenvalue weighted by molar-refractivity contribution is 0.400. The summed E-state index contributed by atoms with van der Waals surface area (Å²) in [6.07, 6.45) is 4.03. The van der Waals surface area contributed by atoms with Crippen molar-refractivity contribution < 1.29 is 0 Å². The maximum absolute atomic E-state index is 4.91. The number of aromatic nitrogens is 1. The van der Waals surface area contributed by atoms with E-state index in [1.54, 1.807) is 0 Å². The fraction of sp³-hybridized carbons (Fsp3) is 0.812. The Morgan fingerprint density at radius 3 is 2.50 bits per heavy atom. The van der Waals surface area contributed by atoms with E-state index in [0.29, 0.717) is 11.8 Å². The molecule has 0 aliphatic heterocycles. The van der Waals surface area contributed by atoms with Gasteiger partial charge in [-0.3, -0.25) is 0 Å². The molecule has 0 unspecified atom stereocenters. The van der Waals surface area contributed by atoms with Crippen molar-refractivity contribution >= 4 is 16.5 Å². The molecule has 4 heteroatoms. The maximum Gasteiger partial charge on any atom is 0.185 e. The highest BCUT2D eigenvalue weighted by atomic mass is 32.1. The molecule has 1 aromatic heterocycles. The molecule has 1 aromatic rings. The molecule has 1 aliphatic carbocycles. The molecule has 0 bridgehead atoms. The fourth-order valence-electron chi connectivity index (χ4n) is 2.48. The van der Waals surface area contributed by atoms with Gasteiger partial charge in [0.25, 0.3) is 0 Å². The van der Waals surface area contributed by atoms with Crippen molar-refractivity contribution in [1.29, 1.82) is 0 Å². The number of hydrogen-bond acceptors (Lipinski definition) is 4. The predicted molar refractivity (Wildman–Crippen MR) is 88.8 cm³/mol. The van der Waals surface area contributed by atoms with Crippen LogP contribution in [0.3, 0.4) is 0 Å². The third-order valence-corrected chi connectivity index (χ3v) is 5.19. The molecule has 0 aromatic carbocycles. The molecule has 1 aliphatic rings. The van der Waals surface area contributed by atoms with E-state index in [4.69, 9.17) is 4.98 Å². The highest BCUT2D eigenvalue weighted by Crippen LogP contribution is 2.34. The highest BCUT2D eigenvalue weighted by Gasteiger charge is 2.25. The number of rotatable bonds is 7. The Balaban J connectivity index is 2.06. The predicted octanol–water partition coefficient (Wildman–Crippen LogP) is 4.00. The lowest BCUT2D eigenvalue weighted by Gasteiger charge is -2.34. The first-order valence-electron chi connectivity index (χ1n) is 7.92. The van der Waals surface area contributed by atoms with Gasteiger partial charge in [-0.05, 0) is 37.6 Å². The summed E-state index contributed by atoms with van der Waals surface area (Å²) in [7, 11) is 2.21. The molecule has 0 spiro atoms. The monoisotopic (exact) mass is 295 g/mol. The lowest BCUT2D eigenvalue weighted by Crippen LogP contribution is -2.37. The van der Waals surface area contributed by atoms with Crippen molar-refractivity contribution in [2.75, 3.05) is 18.5 Å². The van der Waals surface area contributed by atoms with E-state index in [-0.39, 0.29) is 0 Å². The lowest BCUT2D eigenvalue weighted by atomic mass is 9.92. The molecular formula is C16H29N3S.